The molecule has 5 nitrogen and oxygen atoms in total. The van der Waals surface area contributed by atoms with Gasteiger partial charge in [-0.25, -0.2) is 22.5 Å². The lowest BCUT2D eigenvalue weighted by molar-refractivity contribution is 0.0991. The fourth-order valence-corrected chi connectivity index (χ4v) is 3.05. The van der Waals surface area contributed by atoms with Gasteiger partial charge in [0.05, 0.1) is 0 Å². The second kappa shape index (κ2) is 7.43. The Hall–Kier alpha value is -4.01. The molecule has 0 radical (unpaired) electrons. The van der Waals surface area contributed by atoms with E-state index < -0.39 is 29.2 Å². The molecule has 1 aromatic heterocycles. The Kier molecular flexibility index (Phi) is 4.78. The summed E-state index contributed by atoms with van der Waals surface area (Å²) in [6.45, 7) is 0. The van der Waals surface area contributed by atoms with E-state index in [-0.39, 0.29) is 22.8 Å². The molecule has 0 fully saturated rings. The van der Waals surface area contributed by atoms with Crippen LogP contribution in [-0.4, -0.2) is 21.1 Å². The lowest BCUT2D eigenvalue weighted by Crippen LogP contribution is -2.12. The van der Waals surface area contributed by atoms with Gasteiger partial charge in [0.2, 0.25) is 5.82 Å². The first-order valence-corrected chi connectivity index (χ1v) is 8.61. The molecule has 3 N–H and O–H groups in total. The summed E-state index contributed by atoms with van der Waals surface area (Å²) in [5, 5.41) is 6.27. The summed E-state index contributed by atoms with van der Waals surface area (Å²) in [6, 6.07) is 12.0. The van der Waals surface area contributed by atoms with E-state index in [1.54, 1.807) is 18.2 Å². The number of aromatic nitrogens is 3. The second-order valence-corrected chi connectivity index (χ2v) is 6.37. The van der Waals surface area contributed by atoms with Crippen molar-refractivity contribution in [3.8, 4) is 33.6 Å². The second-order valence-electron chi connectivity index (χ2n) is 6.37. The Bertz CT molecular complexity index is 1260. The summed E-state index contributed by atoms with van der Waals surface area (Å²) in [5.41, 5.74) is 6.27. The molecule has 0 aliphatic heterocycles. The standard InChI is InChI=1S/C21H12F4N4O/c22-15-6-5-10(20-27-21(19(26)30)29-28-20)7-14(15)13-4-2-1-3-12(13)11-8-16(23)18(25)17(24)9-11/h1-9H,(H2,26,30)(H,27,28,29). The minimum atomic E-state index is -1.58. The van der Waals surface area contributed by atoms with E-state index in [4.69, 9.17) is 5.73 Å². The highest BCUT2D eigenvalue weighted by Crippen LogP contribution is 2.36. The quantitative estimate of drug-likeness (QED) is 0.383. The first kappa shape index (κ1) is 19.3. The van der Waals surface area contributed by atoms with Crippen molar-refractivity contribution in [2.45, 2.75) is 0 Å². The molecule has 0 spiro atoms. The number of carbonyl (C=O) groups excluding carboxylic acids is 1. The number of rotatable bonds is 4. The number of nitrogens with two attached hydrogens (primary N) is 1. The maximum absolute atomic E-state index is 14.7. The Morgan fingerprint density at radius 3 is 2.10 bits per heavy atom. The maximum atomic E-state index is 14.7. The molecule has 3 aromatic carbocycles. The van der Waals surface area contributed by atoms with Crippen LogP contribution in [-0.2, 0) is 0 Å². The fourth-order valence-electron chi connectivity index (χ4n) is 3.05. The van der Waals surface area contributed by atoms with Gasteiger partial charge in [-0.3, -0.25) is 9.89 Å². The summed E-state index contributed by atoms with van der Waals surface area (Å²) in [5.74, 6) is -5.75. The van der Waals surface area contributed by atoms with Crippen LogP contribution in [0, 0.1) is 23.3 Å². The van der Waals surface area contributed by atoms with Crippen LogP contribution in [0.2, 0.25) is 0 Å². The Morgan fingerprint density at radius 1 is 0.800 bits per heavy atom. The number of nitrogens with zero attached hydrogens (tertiary/aromatic N) is 2. The fraction of sp³-hybridized carbons (Fsp3) is 0. The molecule has 30 heavy (non-hydrogen) atoms. The van der Waals surface area contributed by atoms with Gasteiger partial charge in [0.25, 0.3) is 5.91 Å². The van der Waals surface area contributed by atoms with Gasteiger partial charge in [-0.2, -0.15) is 5.10 Å². The third kappa shape index (κ3) is 3.41. The van der Waals surface area contributed by atoms with Gasteiger partial charge < -0.3 is 5.73 Å². The molecule has 9 heteroatoms. The molecule has 4 aromatic rings. The van der Waals surface area contributed by atoms with E-state index in [1.807, 2.05) is 0 Å². The van der Waals surface area contributed by atoms with E-state index in [1.165, 1.54) is 24.3 Å². The average Bonchev–Trinajstić information content (AvgIpc) is 3.23. The molecule has 0 unspecified atom stereocenters. The third-order valence-electron chi connectivity index (χ3n) is 4.46. The first-order valence-electron chi connectivity index (χ1n) is 8.61. The molecule has 4 rings (SSSR count). The van der Waals surface area contributed by atoms with Crippen LogP contribution in [0.15, 0.2) is 54.6 Å². The third-order valence-corrected chi connectivity index (χ3v) is 4.46. The molecule has 0 saturated heterocycles. The highest BCUT2D eigenvalue weighted by molar-refractivity contribution is 5.89. The SMILES string of the molecule is NC(=O)c1nc(-c2ccc(F)c(-c3ccccc3-c3cc(F)c(F)c(F)c3)c2)n[nH]1. The largest absolute Gasteiger partial charge is 0.363 e. The minimum absolute atomic E-state index is 0.0423. The molecular weight excluding hydrogens is 400 g/mol. The number of carbonyl (C=O) groups is 1. The molecule has 0 saturated carbocycles. The van der Waals surface area contributed by atoms with E-state index >= 15 is 0 Å². The van der Waals surface area contributed by atoms with Gasteiger partial charge in [-0.15, -0.1) is 0 Å². The predicted octanol–water partition coefficient (Wildman–Crippen LogP) is 4.46. The molecule has 0 atom stereocenters. The number of hydrogen-bond acceptors (Lipinski definition) is 3. The normalized spacial score (nSPS) is 10.9. The van der Waals surface area contributed by atoms with E-state index in [2.05, 4.69) is 15.2 Å². The van der Waals surface area contributed by atoms with Crippen molar-refractivity contribution in [3.63, 3.8) is 0 Å². The van der Waals surface area contributed by atoms with Crippen LogP contribution in [0.4, 0.5) is 17.6 Å². The molecule has 1 heterocycles. The number of primary amides is 1. The van der Waals surface area contributed by atoms with Crippen molar-refractivity contribution >= 4 is 5.91 Å². The Balaban J connectivity index is 1.87. The van der Waals surface area contributed by atoms with Gasteiger partial charge in [-0.1, -0.05) is 24.3 Å². The van der Waals surface area contributed by atoms with E-state index in [0.29, 0.717) is 16.7 Å². The van der Waals surface area contributed by atoms with Crippen LogP contribution in [0.1, 0.15) is 10.6 Å². The minimum Gasteiger partial charge on any atom is -0.363 e. The Labute approximate surface area is 167 Å². The zero-order chi connectivity index (χ0) is 21.4. The average molecular weight is 412 g/mol. The first-order chi connectivity index (χ1) is 14.3. The number of hydrogen-bond donors (Lipinski definition) is 2. The molecule has 0 aliphatic rings. The van der Waals surface area contributed by atoms with Gasteiger partial charge in [-0.05, 0) is 47.0 Å². The summed E-state index contributed by atoms with van der Waals surface area (Å²) in [4.78, 5) is 15.2. The van der Waals surface area contributed by atoms with E-state index in [9.17, 15) is 22.4 Å². The number of amides is 1. The van der Waals surface area contributed by atoms with Crippen molar-refractivity contribution in [3.05, 3.63) is 83.7 Å². The van der Waals surface area contributed by atoms with Crippen LogP contribution >= 0.6 is 0 Å². The van der Waals surface area contributed by atoms with Crippen molar-refractivity contribution in [2.24, 2.45) is 5.73 Å². The summed E-state index contributed by atoms with van der Waals surface area (Å²) in [7, 11) is 0. The van der Waals surface area contributed by atoms with E-state index in [0.717, 1.165) is 12.1 Å². The smallest absolute Gasteiger partial charge is 0.286 e. The number of aromatic amines is 1. The summed E-state index contributed by atoms with van der Waals surface area (Å²) < 4.78 is 55.5. The highest BCUT2D eigenvalue weighted by Gasteiger charge is 2.18. The van der Waals surface area contributed by atoms with Crippen molar-refractivity contribution < 1.29 is 22.4 Å². The molecule has 150 valence electrons. The lowest BCUT2D eigenvalue weighted by Gasteiger charge is -2.12. The zero-order valence-electron chi connectivity index (χ0n) is 15.1. The summed E-state index contributed by atoms with van der Waals surface area (Å²) in [6.07, 6.45) is 0. The van der Waals surface area contributed by atoms with Crippen molar-refractivity contribution in [2.75, 3.05) is 0 Å². The zero-order valence-corrected chi connectivity index (χ0v) is 15.1. The van der Waals surface area contributed by atoms with Crippen molar-refractivity contribution in [1.82, 2.24) is 15.2 Å². The number of nitrogens with one attached hydrogen (secondary N) is 1. The van der Waals surface area contributed by atoms with Crippen molar-refractivity contribution in [1.29, 1.82) is 0 Å². The number of benzene rings is 3. The molecular formula is C21H12F4N4O. The van der Waals surface area contributed by atoms with Gasteiger partial charge in [0, 0.05) is 11.1 Å². The molecule has 1 amide bonds. The van der Waals surface area contributed by atoms with Gasteiger partial charge >= 0.3 is 0 Å². The Morgan fingerprint density at radius 2 is 1.47 bits per heavy atom. The van der Waals surface area contributed by atoms with Gasteiger partial charge in [0.15, 0.2) is 23.3 Å². The van der Waals surface area contributed by atoms with Crippen LogP contribution in [0.5, 0.6) is 0 Å². The number of halogens is 4. The van der Waals surface area contributed by atoms with Gasteiger partial charge in [0.1, 0.15) is 5.82 Å². The monoisotopic (exact) mass is 412 g/mol. The predicted molar refractivity (Wildman–Crippen MR) is 101 cm³/mol. The topological polar surface area (TPSA) is 84.7 Å². The molecule has 0 bridgehead atoms. The number of H-pyrrole nitrogens is 1. The van der Waals surface area contributed by atoms with Crippen LogP contribution < -0.4 is 5.73 Å². The highest BCUT2D eigenvalue weighted by atomic mass is 19.2. The maximum Gasteiger partial charge on any atom is 0.286 e. The summed E-state index contributed by atoms with van der Waals surface area (Å²) >= 11 is 0. The lowest BCUT2D eigenvalue weighted by atomic mass is 9.93. The van der Waals surface area contributed by atoms with Crippen LogP contribution in [0.25, 0.3) is 33.6 Å². The molecule has 0 aliphatic carbocycles. The van der Waals surface area contributed by atoms with Crippen LogP contribution in [0.3, 0.4) is 0 Å².